The number of aromatic nitrogens is 2. The number of amides is 1. The number of thioether (sulfide) groups is 1. The molecular formula is C17H17N3O3S. The van der Waals surface area contributed by atoms with E-state index in [0.717, 1.165) is 30.5 Å². The van der Waals surface area contributed by atoms with Gasteiger partial charge in [0.15, 0.2) is 5.78 Å². The van der Waals surface area contributed by atoms with Crippen LogP contribution in [-0.4, -0.2) is 27.4 Å². The Morgan fingerprint density at radius 1 is 1.33 bits per heavy atom. The van der Waals surface area contributed by atoms with Crippen molar-refractivity contribution in [3.8, 4) is 0 Å². The zero-order chi connectivity index (χ0) is 17.1. The third kappa shape index (κ3) is 3.73. The van der Waals surface area contributed by atoms with Crippen LogP contribution in [0.25, 0.3) is 0 Å². The summed E-state index contributed by atoms with van der Waals surface area (Å²) in [4.78, 5) is 41.8. The number of nitrogens with one attached hydrogen (secondary N) is 2. The highest BCUT2D eigenvalue weighted by molar-refractivity contribution is 8.00. The topological polar surface area (TPSA) is 91.9 Å². The summed E-state index contributed by atoms with van der Waals surface area (Å²) in [5, 5.41) is 3.40. The fraction of sp³-hybridized carbons (Fsp3) is 0.294. The third-order valence-electron chi connectivity index (χ3n) is 3.83. The number of nitrogens with zero attached hydrogens (tertiary/aromatic N) is 1. The lowest BCUT2D eigenvalue weighted by atomic mass is 10.1. The van der Waals surface area contributed by atoms with Gasteiger partial charge in [-0.15, -0.1) is 0 Å². The Labute approximate surface area is 143 Å². The summed E-state index contributed by atoms with van der Waals surface area (Å²) in [6, 6.07) is 6.81. The fourth-order valence-electron chi connectivity index (χ4n) is 2.70. The maximum Gasteiger partial charge on any atom is 0.346 e. The number of carbonyl (C=O) groups is 2. The molecule has 0 unspecified atom stereocenters. The van der Waals surface area contributed by atoms with E-state index in [4.69, 9.17) is 0 Å². The molecule has 0 spiro atoms. The normalized spacial score (nSPS) is 12.7. The van der Waals surface area contributed by atoms with E-state index in [1.807, 2.05) is 0 Å². The van der Waals surface area contributed by atoms with Crippen LogP contribution in [0, 0.1) is 0 Å². The number of hydrogen-bond acceptors (Lipinski definition) is 5. The highest BCUT2D eigenvalue weighted by Gasteiger charge is 2.18. The minimum absolute atomic E-state index is 0.0521. The van der Waals surface area contributed by atoms with Gasteiger partial charge < -0.3 is 10.3 Å². The number of aryl methyl sites for hydroxylation is 1. The summed E-state index contributed by atoms with van der Waals surface area (Å²) < 4.78 is 0. The molecule has 7 heteroatoms. The molecule has 1 aromatic heterocycles. The molecule has 0 saturated heterocycles. The van der Waals surface area contributed by atoms with Gasteiger partial charge in [-0.2, -0.15) is 4.98 Å². The van der Waals surface area contributed by atoms with Crippen LogP contribution in [0.1, 0.15) is 35.0 Å². The number of rotatable bonds is 5. The van der Waals surface area contributed by atoms with Crippen LogP contribution < -0.4 is 11.0 Å². The Kier molecular flexibility index (Phi) is 4.80. The lowest BCUT2D eigenvalue weighted by Crippen LogP contribution is -2.17. The first-order chi connectivity index (χ1) is 11.5. The Morgan fingerprint density at radius 2 is 2.17 bits per heavy atom. The van der Waals surface area contributed by atoms with Gasteiger partial charge in [0.25, 0.3) is 0 Å². The van der Waals surface area contributed by atoms with Gasteiger partial charge in [0, 0.05) is 22.5 Å². The molecule has 1 aliphatic rings. The number of anilines is 1. The molecule has 0 fully saturated rings. The number of ketones is 1. The summed E-state index contributed by atoms with van der Waals surface area (Å²) in [5.41, 5.74) is 2.75. The molecule has 24 heavy (non-hydrogen) atoms. The van der Waals surface area contributed by atoms with Crippen molar-refractivity contribution in [3.05, 3.63) is 51.6 Å². The van der Waals surface area contributed by atoms with Gasteiger partial charge in [-0.05, 0) is 38.3 Å². The maximum atomic E-state index is 12.1. The van der Waals surface area contributed by atoms with Gasteiger partial charge in [0.2, 0.25) is 5.91 Å². The molecule has 124 valence electrons. The molecule has 2 aromatic rings. The van der Waals surface area contributed by atoms with Crippen LogP contribution in [0.2, 0.25) is 0 Å². The van der Waals surface area contributed by atoms with E-state index in [1.54, 1.807) is 24.3 Å². The lowest BCUT2D eigenvalue weighted by Gasteiger charge is -2.08. The van der Waals surface area contributed by atoms with E-state index < -0.39 is 0 Å². The summed E-state index contributed by atoms with van der Waals surface area (Å²) in [6.07, 6.45) is 2.73. The Balaban J connectivity index is 1.66. The Morgan fingerprint density at radius 3 is 2.96 bits per heavy atom. The second kappa shape index (κ2) is 7.00. The quantitative estimate of drug-likeness (QED) is 0.493. The van der Waals surface area contributed by atoms with Crippen molar-refractivity contribution < 1.29 is 9.59 Å². The molecule has 1 heterocycles. The number of H-pyrrole nitrogens is 1. The average Bonchev–Trinajstić information content (AvgIpc) is 3.01. The van der Waals surface area contributed by atoms with Crippen LogP contribution in [-0.2, 0) is 17.6 Å². The van der Waals surface area contributed by atoms with Crippen LogP contribution in [0.3, 0.4) is 0 Å². The predicted octanol–water partition coefficient (Wildman–Crippen LogP) is 2.19. The molecule has 0 radical (unpaired) electrons. The molecule has 0 atom stereocenters. The fourth-order valence-corrected chi connectivity index (χ4v) is 3.59. The summed E-state index contributed by atoms with van der Waals surface area (Å²) in [7, 11) is 0. The number of hydrogen-bond donors (Lipinski definition) is 2. The molecule has 6 nitrogen and oxygen atoms in total. The van der Waals surface area contributed by atoms with E-state index in [-0.39, 0.29) is 23.1 Å². The molecule has 3 rings (SSSR count). The van der Waals surface area contributed by atoms with Crippen molar-refractivity contribution in [1.29, 1.82) is 0 Å². The summed E-state index contributed by atoms with van der Waals surface area (Å²) in [6.45, 7) is 1.48. The SMILES string of the molecule is CC(=O)c1cccc(NC(=O)CSc2nc(=O)[nH]c3c2CCC3)c1. The predicted molar refractivity (Wildman–Crippen MR) is 92.7 cm³/mol. The molecule has 0 aliphatic heterocycles. The summed E-state index contributed by atoms with van der Waals surface area (Å²) >= 11 is 1.27. The standard InChI is InChI=1S/C17H17N3O3S/c1-10(21)11-4-2-5-12(8-11)18-15(22)9-24-16-13-6-3-7-14(13)19-17(23)20-16/h2,4-5,8H,3,6-7,9H2,1H3,(H,18,22)(H,19,20,23). The first kappa shape index (κ1) is 16.4. The average molecular weight is 343 g/mol. The zero-order valence-electron chi connectivity index (χ0n) is 13.2. The van der Waals surface area contributed by atoms with Crippen LogP contribution in [0.5, 0.6) is 0 Å². The molecular weight excluding hydrogens is 326 g/mol. The second-order valence-corrected chi connectivity index (χ2v) is 6.60. The summed E-state index contributed by atoms with van der Waals surface area (Å²) in [5.74, 6) is -0.0917. The number of benzene rings is 1. The molecule has 1 amide bonds. The van der Waals surface area contributed by atoms with E-state index in [2.05, 4.69) is 15.3 Å². The van der Waals surface area contributed by atoms with Crippen molar-refractivity contribution in [1.82, 2.24) is 9.97 Å². The molecule has 2 N–H and O–H groups in total. The number of fused-ring (bicyclic) bond motifs is 1. The number of Topliss-reactive ketones (excluding diaryl/α,β-unsaturated/α-hetero) is 1. The number of aromatic amines is 1. The van der Waals surface area contributed by atoms with Gasteiger partial charge >= 0.3 is 5.69 Å². The van der Waals surface area contributed by atoms with Crippen LogP contribution in [0.4, 0.5) is 5.69 Å². The van der Waals surface area contributed by atoms with E-state index in [9.17, 15) is 14.4 Å². The monoisotopic (exact) mass is 343 g/mol. The minimum atomic E-state index is -0.368. The first-order valence-corrected chi connectivity index (χ1v) is 8.67. The molecule has 1 aromatic carbocycles. The zero-order valence-corrected chi connectivity index (χ0v) is 14.0. The Hall–Kier alpha value is -2.41. The lowest BCUT2D eigenvalue weighted by molar-refractivity contribution is -0.113. The highest BCUT2D eigenvalue weighted by atomic mass is 32.2. The van der Waals surface area contributed by atoms with Crippen molar-refractivity contribution in [2.45, 2.75) is 31.2 Å². The van der Waals surface area contributed by atoms with Crippen LogP contribution >= 0.6 is 11.8 Å². The van der Waals surface area contributed by atoms with Crippen LogP contribution in [0.15, 0.2) is 34.1 Å². The van der Waals surface area contributed by atoms with E-state index in [1.165, 1.54) is 18.7 Å². The highest BCUT2D eigenvalue weighted by Crippen LogP contribution is 2.27. The van der Waals surface area contributed by atoms with Crippen molar-refractivity contribution >= 4 is 29.1 Å². The van der Waals surface area contributed by atoms with Gasteiger partial charge in [0.05, 0.1) is 5.75 Å². The van der Waals surface area contributed by atoms with Crippen molar-refractivity contribution in [3.63, 3.8) is 0 Å². The van der Waals surface area contributed by atoms with Gasteiger partial charge in [0.1, 0.15) is 5.03 Å². The van der Waals surface area contributed by atoms with Gasteiger partial charge in [-0.25, -0.2) is 4.79 Å². The third-order valence-corrected chi connectivity index (χ3v) is 4.85. The number of carbonyl (C=O) groups excluding carboxylic acids is 2. The van der Waals surface area contributed by atoms with E-state index >= 15 is 0 Å². The molecule has 0 saturated carbocycles. The van der Waals surface area contributed by atoms with Gasteiger partial charge in [-0.1, -0.05) is 23.9 Å². The largest absolute Gasteiger partial charge is 0.346 e. The molecule has 0 bridgehead atoms. The maximum absolute atomic E-state index is 12.1. The van der Waals surface area contributed by atoms with Crippen molar-refractivity contribution in [2.24, 2.45) is 0 Å². The van der Waals surface area contributed by atoms with Gasteiger partial charge in [-0.3, -0.25) is 9.59 Å². The Bertz CT molecular complexity index is 860. The second-order valence-electron chi connectivity index (χ2n) is 5.63. The first-order valence-electron chi connectivity index (χ1n) is 7.68. The minimum Gasteiger partial charge on any atom is -0.325 e. The molecule has 1 aliphatic carbocycles. The smallest absolute Gasteiger partial charge is 0.325 e. The van der Waals surface area contributed by atoms with E-state index in [0.29, 0.717) is 16.3 Å². The van der Waals surface area contributed by atoms with Crippen molar-refractivity contribution in [2.75, 3.05) is 11.1 Å².